The van der Waals surface area contributed by atoms with Crippen LogP contribution in [0.2, 0.25) is 0 Å². The first-order valence-electron chi connectivity index (χ1n) is 15.7. The Morgan fingerprint density at radius 3 is 2.28 bits per heavy atom. The number of aromatic nitrogens is 3. The average molecular weight is 628 g/mol. The molecule has 2 aromatic carbocycles. The number of carbonyl (C=O) groups is 2. The van der Waals surface area contributed by atoms with E-state index in [-0.39, 0.29) is 35.4 Å². The van der Waals surface area contributed by atoms with Gasteiger partial charge in [-0.25, -0.2) is 4.79 Å². The van der Waals surface area contributed by atoms with Crippen LogP contribution in [0.4, 0.5) is 16.2 Å². The molecule has 46 heavy (non-hydrogen) atoms. The molecule has 1 aliphatic carbocycles. The second-order valence-electron chi connectivity index (χ2n) is 13.6. The number of pyridine rings is 1. The fourth-order valence-corrected chi connectivity index (χ4v) is 5.73. The second-order valence-corrected chi connectivity index (χ2v) is 13.6. The number of benzene rings is 2. The smallest absolute Gasteiger partial charge is 0.319 e. The first-order valence-corrected chi connectivity index (χ1v) is 15.7. The van der Waals surface area contributed by atoms with Gasteiger partial charge >= 0.3 is 6.03 Å². The van der Waals surface area contributed by atoms with Gasteiger partial charge in [-0.3, -0.25) is 9.20 Å². The number of rotatable bonds is 8. The van der Waals surface area contributed by atoms with Gasteiger partial charge in [0.25, 0.3) is 0 Å². The third-order valence-electron chi connectivity index (χ3n) is 8.79. The molecule has 2 heterocycles. The molecule has 4 aromatic rings. The number of nitrogens with one attached hydrogen (secondary N) is 3. The van der Waals surface area contributed by atoms with E-state index < -0.39 is 5.54 Å². The van der Waals surface area contributed by atoms with Crippen LogP contribution in [0, 0.1) is 5.92 Å². The monoisotopic (exact) mass is 627 g/mol. The molecule has 1 aliphatic rings. The number of hydrogen-bond acceptors (Lipinski definition) is 7. The van der Waals surface area contributed by atoms with Gasteiger partial charge in [0.1, 0.15) is 11.9 Å². The van der Waals surface area contributed by atoms with Crippen molar-refractivity contribution >= 4 is 29.0 Å². The molecule has 0 radical (unpaired) electrons. The summed E-state index contributed by atoms with van der Waals surface area (Å²) in [6, 6.07) is 14.9. The van der Waals surface area contributed by atoms with Crippen LogP contribution >= 0.6 is 0 Å². The summed E-state index contributed by atoms with van der Waals surface area (Å²) in [4.78, 5) is 25.4. The van der Waals surface area contributed by atoms with Crippen molar-refractivity contribution in [1.82, 2.24) is 19.9 Å². The van der Waals surface area contributed by atoms with E-state index in [2.05, 4.69) is 60.8 Å². The number of hydrogen-bond donors (Lipinski definition) is 4. The molecule has 3 atom stereocenters. The van der Waals surface area contributed by atoms with Crippen LogP contribution in [0.3, 0.4) is 0 Å². The van der Waals surface area contributed by atoms with E-state index in [1.54, 1.807) is 0 Å². The third kappa shape index (κ3) is 6.64. The zero-order valence-corrected chi connectivity index (χ0v) is 27.9. The highest BCUT2D eigenvalue weighted by Crippen LogP contribution is 2.41. The van der Waals surface area contributed by atoms with Crippen LogP contribution in [0.5, 0.6) is 11.5 Å². The number of ether oxygens (including phenoxy) is 2. The first-order chi connectivity index (χ1) is 21.7. The Kier molecular flexibility index (Phi) is 8.99. The van der Waals surface area contributed by atoms with Gasteiger partial charge in [0.15, 0.2) is 17.2 Å². The highest BCUT2D eigenvalue weighted by Gasteiger charge is 2.32. The fourth-order valence-electron chi connectivity index (χ4n) is 5.73. The normalized spacial score (nSPS) is 17.6. The summed E-state index contributed by atoms with van der Waals surface area (Å²) in [6.07, 6.45) is 3.03. The predicted molar refractivity (Wildman–Crippen MR) is 179 cm³/mol. The summed E-state index contributed by atoms with van der Waals surface area (Å²) in [5, 5.41) is 17.6. The molecule has 5 N–H and O–H groups in total. The quantitative estimate of drug-likeness (QED) is 0.172. The topological polar surface area (TPSA) is 145 Å². The Balaban J connectivity index is 1.37. The molecule has 1 unspecified atom stereocenters. The van der Waals surface area contributed by atoms with E-state index in [4.69, 9.17) is 15.2 Å². The highest BCUT2D eigenvalue weighted by atomic mass is 16.5. The molecule has 0 aliphatic heterocycles. The summed E-state index contributed by atoms with van der Waals surface area (Å²) in [6.45, 7) is 13.7. The van der Waals surface area contributed by atoms with E-state index in [0.29, 0.717) is 47.2 Å². The molecule has 0 spiro atoms. The van der Waals surface area contributed by atoms with Crippen LogP contribution < -0.4 is 31.2 Å². The molecule has 0 bridgehead atoms. The predicted octanol–water partition coefficient (Wildman–Crippen LogP) is 6.60. The maximum atomic E-state index is 13.5. The van der Waals surface area contributed by atoms with Crippen molar-refractivity contribution < 1.29 is 19.1 Å². The number of methoxy groups -OCH3 is 1. The Bertz CT molecular complexity index is 1760. The first kappa shape index (κ1) is 32.7. The van der Waals surface area contributed by atoms with Gasteiger partial charge in [-0.1, -0.05) is 58.9 Å². The van der Waals surface area contributed by atoms with Gasteiger partial charge in [-0.05, 0) is 72.1 Å². The van der Waals surface area contributed by atoms with Crippen LogP contribution in [0.25, 0.3) is 5.65 Å². The summed E-state index contributed by atoms with van der Waals surface area (Å²) >= 11 is 0. The lowest BCUT2D eigenvalue weighted by Gasteiger charge is -2.32. The number of carbonyl (C=O) groups excluding carboxylic acids is 2. The van der Waals surface area contributed by atoms with Crippen molar-refractivity contribution in [3.8, 4) is 11.5 Å². The van der Waals surface area contributed by atoms with Crippen molar-refractivity contribution in [3.05, 3.63) is 77.2 Å². The molecule has 2 aromatic heterocycles. The molecule has 5 rings (SSSR count). The number of anilines is 2. The Morgan fingerprint density at radius 1 is 0.978 bits per heavy atom. The molecule has 0 fully saturated rings. The van der Waals surface area contributed by atoms with Crippen molar-refractivity contribution in [3.63, 3.8) is 0 Å². The lowest BCUT2D eigenvalue weighted by atomic mass is 9.85. The molecule has 3 amide bonds. The summed E-state index contributed by atoms with van der Waals surface area (Å²) in [5.41, 5.74) is 10.3. The molecular formula is C35H45N7O4. The minimum Gasteiger partial charge on any atom is -0.492 e. The fraction of sp³-hybridized carbons (Fsp3) is 0.429. The molecule has 0 saturated carbocycles. The van der Waals surface area contributed by atoms with Gasteiger partial charge in [0.2, 0.25) is 5.91 Å². The van der Waals surface area contributed by atoms with Crippen LogP contribution in [-0.4, -0.2) is 33.6 Å². The van der Waals surface area contributed by atoms with E-state index in [1.807, 2.05) is 66.1 Å². The number of urea groups is 1. The average Bonchev–Trinajstić information content (AvgIpc) is 3.41. The van der Waals surface area contributed by atoms with Gasteiger partial charge < -0.3 is 31.2 Å². The molecular weight excluding hydrogens is 582 g/mol. The molecule has 11 heteroatoms. The van der Waals surface area contributed by atoms with Crippen LogP contribution in [0.1, 0.15) is 96.0 Å². The lowest BCUT2D eigenvalue weighted by molar-refractivity contribution is -0.114. The largest absolute Gasteiger partial charge is 0.492 e. The summed E-state index contributed by atoms with van der Waals surface area (Å²) in [7, 11) is 1.51. The minimum absolute atomic E-state index is 0.152. The highest BCUT2D eigenvalue weighted by molar-refractivity contribution is 5.97. The zero-order chi connectivity index (χ0) is 33.4. The van der Waals surface area contributed by atoms with Crippen molar-refractivity contribution in [2.24, 2.45) is 11.7 Å². The number of amides is 3. The van der Waals surface area contributed by atoms with Crippen molar-refractivity contribution in [2.45, 2.75) is 84.4 Å². The molecule has 244 valence electrons. The number of nitrogens with zero attached hydrogens (tertiary/aromatic N) is 3. The Morgan fingerprint density at radius 2 is 1.65 bits per heavy atom. The number of fused-ring (bicyclic) bond motifs is 2. The second kappa shape index (κ2) is 12.6. The molecule has 11 nitrogen and oxygen atoms in total. The summed E-state index contributed by atoms with van der Waals surface area (Å²) in [5.74, 6) is 1.66. The zero-order valence-electron chi connectivity index (χ0n) is 27.9. The third-order valence-corrected chi connectivity index (χ3v) is 8.79. The van der Waals surface area contributed by atoms with E-state index >= 15 is 0 Å². The van der Waals surface area contributed by atoms with E-state index in [9.17, 15) is 9.59 Å². The Hall–Kier alpha value is -4.64. The van der Waals surface area contributed by atoms with Gasteiger partial charge in [-0.15, -0.1) is 10.2 Å². The maximum absolute atomic E-state index is 13.5. The summed E-state index contributed by atoms with van der Waals surface area (Å²) < 4.78 is 14.1. The van der Waals surface area contributed by atoms with Gasteiger partial charge in [0, 0.05) is 6.92 Å². The SMILES string of the molecule is COc1c(NC(C)=O)cc(C(C)(C)C)cc1NC(=O)N[C@H]1CC[C@@H](Oc2ccc3nnc(C(C)(N)C(C)C)n3c2)c2ccccc21. The van der Waals surface area contributed by atoms with Crippen molar-refractivity contribution in [2.75, 3.05) is 17.7 Å². The number of nitrogens with two attached hydrogens (primary N) is 1. The minimum atomic E-state index is -0.668. The maximum Gasteiger partial charge on any atom is 0.319 e. The lowest BCUT2D eigenvalue weighted by Crippen LogP contribution is -2.40. The Labute approximate surface area is 270 Å². The van der Waals surface area contributed by atoms with Crippen LogP contribution in [-0.2, 0) is 15.7 Å². The van der Waals surface area contributed by atoms with Crippen LogP contribution in [0.15, 0.2) is 54.7 Å². The molecule has 0 saturated heterocycles. The van der Waals surface area contributed by atoms with Crippen molar-refractivity contribution in [1.29, 1.82) is 0 Å². The van der Waals surface area contributed by atoms with Gasteiger partial charge in [0.05, 0.1) is 36.3 Å². The standard InChI is InChI=1S/C35H45N7O4/c1-20(2)35(7,36)32-41-40-30-16-13-23(19-42(30)32)46-29-15-14-26(24-11-9-10-12-25(24)29)38-33(44)39-28-18-22(34(4,5)6)17-27(31(28)45-8)37-21(3)43/h9-13,16-20,26,29H,14-15,36H2,1-8H3,(H,37,43)(H2,38,39,44)/t26-,29+,35?/m0/s1. The van der Waals surface area contributed by atoms with Gasteiger partial charge in [-0.2, -0.15) is 0 Å². The van der Waals surface area contributed by atoms with E-state index in [1.165, 1.54) is 14.0 Å². The van der Waals surface area contributed by atoms with E-state index in [0.717, 1.165) is 16.7 Å².